The number of carbonyl (C=O) groups excluding carboxylic acids is 1. The second-order valence-corrected chi connectivity index (χ2v) is 7.94. The van der Waals surface area contributed by atoms with Crippen LogP contribution in [-0.4, -0.2) is 17.3 Å². The molecule has 0 bridgehead atoms. The summed E-state index contributed by atoms with van der Waals surface area (Å²) in [5, 5.41) is 0.409. The molecule has 0 N–H and O–H groups in total. The van der Waals surface area contributed by atoms with Crippen molar-refractivity contribution in [3.8, 4) is 5.75 Å². The van der Waals surface area contributed by atoms with E-state index in [1.807, 2.05) is 29.3 Å². The van der Waals surface area contributed by atoms with Crippen LogP contribution in [-0.2, 0) is 4.79 Å². The second-order valence-electron chi connectivity index (χ2n) is 6.49. The summed E-state index contributed by atoms with van der Waals surface area (Å²) < 4.78 is 31.5. The van der Waals surface area contributed by atoms with Gasteiger partial charge in [-0.25, -0.2) is 0 Å². The third-order valence-corrected chi connectivity index (χ3v) is 5.62. The van der Waals surface area contributed by atoms with E-state index in [0.29, 0.717) is 22.6 Å². The van der Waals surface area contributed by atoms with Gasteiger partial charge in [-0.2, -0.15) is 8.78 Å². The van der Waals surface area contributed by atoms with Crippen LogP contribution >= 0.6 is 27.5 Å². The fourth-order valence-electron chi connectivity index (χ4n) is 3.76. The lowest BCUT2D eigenvalue weighted by molar-refractivity contribution is -0.115. The Kier molecular flexibility index (Phi) is 4.95. The fourth-order valence-corrected chi connectivity index (χ4v) is 4.34. The molecular formula is C20H15BrClF2NO2. The van der Waals surface area contributed by atoms with E-state index in [2.05, 4.69) is 15.9 Å². The number of hydrogen-bond acceptors (Lipinski definition) is 3. The van der Waals surface area contributed by atoms with E-state index in [-0.39, 0.29) is 18.0 Å². The zero-order chi connectivity index (χ0) is 19.1. The zero-order valence-corrected chi connectivity index (χ0v) is 16.4. The lowest BCUT2D eigenvalue weighted by Gasteiger charge is -2.31. The van der Waals surface area contributed by atoms with E-state index >= 15 is 0 Å². The van der Waals surface area contributed by atoms with Gasteiger partial charge in [-0.1, -0.05) is 39.7 Å². The largest absolute Gasteiger partial charge is 0.435 e. The van der Waals surface area contributed by atoms with Gasteiger partial charge >= 0.3 is 6.61 Å². The average molecular weight is 455 g/mol. The van der Waals surface area contributed by atoms with Crippen molar-refractivity contribution in [2.24, 2.45) is 0 Å². The van der Waals surface area contributed by atoms with Crippen LogP contribution in [0.2, 0.25) is 5.02 Å². The van der Waals surface area contributed by atoms with Crippen molar-refractivity contribution in [2.75, 3.05) is 0 Å². The van der Waals surface area contributed by atoms with Crippen LogP contribution in [0.15, 0.2) is 64.1 Å². The summed E-state index contributed by atoms with van der Waals surface area (Å²) in [5.41, 5.74) is 2.97. The minimum atomic E-state index is -2.95. The lowest BCUT2D eigenvalue weighted by atomic mass is 9.93. The van der Waals surface area contributed by atoms with Gasteiger partial charge in [-0.3, -0.25) is 4.79 Å². The van der Waals surface area contributed by atoms with Gasteiger partial charge in [-0.15, -0.1) is 0 Å². The quantitative estimate of drug-likeness (QED) is 0.558. The number of benzene rings is 1. The molecular weight excluding hydrogens is 440 g/mol. The molecule has 0 amide bonds. The van der Waals surface area contributed by atoms with Crippen molar-refractivity contribution in [3.05, 3.63) is 74.7 Å². The Hall–Kier alpha value is -1.92. The number of rotatable bonds is 3. The average Bonchev–Trinajstić information content (AvgIpc) is 2.82. The van der Waals surface area contributed by atoms with Crippen LogP contribution in [0.3, 0.4) is 0 Å². The minimum absolute atomic E-state index is 0.0195. The summed E-state index contributed by atoms with van der Waals surface area (Å²) in [5.74, 6) is -0.330. The van der Waals surface area contributed by atoms with Crippen LogP contribution in [0.5, 0.6) is 5.75 Å². The molecule has 0 fully saturated rings. The summed E-state index contributed by atoms with van der Waals surface area (Å²) in [6.45, 7) is -2.95. The Morgan fingerprint density at radius 3 is 2.89 bits per heavy atom. The third kappa shape index (κ3) is 3.48. The number of ketones is 1. The van der Waals surface area contributed by atoms with Crippen LogP contribution < -0.4 is 4.74 Å². The van der Waals surface area contributed by atoms with Gasteiger partial charge in [0.2, 0.25) is 0 Å². The number of allylic oxidation sites excluding steroid dienone is 6. The monoisotopic (exact) mass is 453 g/mol. The number of hydrogen-bond donors (Lipinski definition) is 0. The van der Waals surface area contributed by atoms with Crippen LogP contribution in [0.4, 0.5) is 8.78 Å². The second kappa shape index (κ2) is 7.24. The first-order chi connectivity index (χ1) is 12.9. The molecule has 1 unspecified atom stereocenters. The minimum Gasteiger partial charge on any atom is -0.435 e. The highest BCUT2D eigenvalue weighted by Crippen LogP contribution is 2.48. The Morgan fingerprint density at radius 2 is 2.11 bits per heavy atom. The van der Waals surface area contributed by atoms with Crippen molar-refractivity contribution in [2.45, 2.75) is 31.8 Å². The van der Waals surface area contributed by atoms with E-state index in [9.17, 15) is 13.6 Å². The molecule has 1 aromatic rings. The molecule has 4 rings (SSSR count). The molecule has 3 nitrogen and oxygen atoms in total. The molecule has 0 aromatic heterocycles. The van der Waals surface area contributed by atoms with Crippen LogP contribution in [0, 0.1) is 0 Å². The lowest BCUT2D eigenvalue weighted by Crippen LogP contribution is -2.22. The standard InChI is InChI=1S/C20H15BrClF2NO2/c21-11-2-1-3-13-5-6-14-17(26)9-16(19(14)25(13)10-11)15-8-12(22)4-7-18(15)27-20(23)24/h1,3-5,7-8,10,16,20H,2,6,9H2. The molecule has 7 heteroatoms. The van der Waals surface area contributed by atoms with E-state index in [0.717, 1.165) is 22.3 Å². The number of carbonyl (C=O) groups is 1. The highest BCUT2D eigenvalue weighted by molar-refractivity contribution is 9.11. The first-order valence-electron chi connectivity index (χ1n) is 8.46. The molecule has 0 spiro atoms. The first kappa shape index (κ1) is 18.4. The van der Waals surface area contributed by atoms with Gasteiger partial charge < -0.3 is 9.64 Å². The Labute approximate surface area is 168 Å². The predicted molar refractivity (Wildman–Crippen MR) is 103 cm³/mol. The van der Waals surface area contributed by atoms with Gasteiger partial charge in [0.05, 0.1) is 0 Å². The van der Waals surface area contributed by atoms with Gasteiger partial charge in [0.25, 0.3) is 0 Å². The number of alkyl halides is 2. The van der Waals surface area contributed by atoms with Gasteiger partial charge in [0.1, 0.15) is 5.75 Å². The van der Waals surface area contributed by atoms with Crippen molar-refractivity contribution in [1.29, 1.82) is 0 Å². The number of nitrogens with zero attached hydrogens (tertiary/aromatic N) is 1. The van der Waals surface area contributed by atoms with Crippen molar-refractivity contribution in [3.63, 3.8) is 0 Å². The van der Waals surface area contributed by atoms with E-state index in [1.54, 1.807) is 6.07 Å². The number of ether oxygens (including phenoxy) is 1. The third-order valence-electron chi connectivity index (χ3n) is 4.85. The van der Waals surface area contributed by atoms with Gasteiger partial charge in [-0.05, 0) is 37.1 Å². The molecule has 1 aromatic carbocycles. The van der Waals surface area contributed by atoms with Crippen molar-refractivity contribution < 1.29 is 18.3 Å². The zero-order valence-electron chi connectivity index (χ0n) is 14.1. The normalized spacial score (nSPS) is 21.7. The molecule has 3 aliphatic rings. The molecule has 140 valence electrons. The highest BCUT2D eigenvalue weighted by Gasteiger charge is 2.40. The predicted octanol–water partition coefficient (Wildman–Crippen LogP) is 6.04. The summed E-state index contributed by atoms with van der Waals surface area (Å²) in [7, 11) is 0. The number of halogens is 4. The van der Waals surface area contributed by atoms with E-state index in [4.69, 9.17) is 16.3 Å². The summed E-state index contributed by atoms with van der Waals surface area (Å²) in [6, 6.07) is 4.55. The summed E-state index contributed by atoms with van der Waals surface area (Å²) in [6.07, 6.45) is 9.45. The number of fused-ring (bicyclic) bond motifs is 2. The molecule has 0 radical (unpaired) electrons. The number of Topliss-reactive ketones (excluding diaryl/α,β-unsaturated/α-hetero) is 1. The summed E-state index contributed by atoms with van der Waals surface area (Å²) in [4.78, 5) is 14.6. The Balaban J connectivity index is 1.83. The molecule has 1 atom stereocenters. The first-order valence-corrected chi connectivity index (χ1v) is 9.63. The molecule has 0 saturated carbocycles. The molecule has 2 heterocycles. The molecule has 2 aliphatic heterocycles. The van der Waals surface area contributed by atoms with E-state index in [1.165, 1.54) is 12.1 Å². The molecule has 1 aliphatic carbocycles. The smallest absolute Gasteiger partial charge is 0.387 e. The van der Waals surface area contributed by atoms with Crippen LogP contribution in [0.25, 0.3) is 0 Å². The van der Waals surface area contributed by atoms with Gasteiger partial charge in [0.15, 0.2) is 5.78 Å². The maximum atomic E-state index is 12.9. The van der Waals surface area contributed by atoms with Crippen molar-refractivity contribution in [1.82, 2.24) is 4.90 Å². The Morgan fingerprint density at radius 1 is 1.30 bits per heavy atom. The SMILES string of the molecule is O=C1CC(c2cc(Cl)ccc2OC(F)F)C2=C1CC=C1C=CCC(Br)=CN12. The Bertz CT molecular complexity index is 936. The summed E-state index contributed by atoms with van der Waals surface area (Å²) >= 11 is 9.67. The van der Waals surface area contributed by atoms with E-state index < -0.39 is 12.5 Å². The fraction of sp³-hybridized carbons (Fsp3) is 0.250. The topological polar surface area (TPSA) is 29.5 Å². The van der Waals surface area contributed by atoms with Crippen molar-refractivity contribution >= 4 is 33.3 Å². The maximum absolute atomic E-state index is 12.9. The molecule has 27 heavy (non-hydrogen) atoms. The highest BCUT2D eigenvalue weighted by atomic mass is 79.9. The maximum Gasteiger partial charge on any atom is 0.387 e. The molecule has 0 saturated heterocycles. The van der Waals surface area contributed by atoms with Crippen LogP contribution in [0.1, 0.15) is 30.7 Å². The van der Waals surface area contributed by atoms with Gasteiger partial charge in [0, 0.05) is 50.6 Å².